The van der Waals surface area contributed by atoms with Crippen molar-refractivity contribution in [3.63, 3.8) is 0 Å². The summed E-state index contributed by atoms with van der Waals surface area (Å²) in [5, 5.41) is 9.58. The second-order valence-electron chi connectivity index (χ2n) is 6.27. The molecule has 2 fully saturated rings. The number of fused-ring (bicyclic) bond motifs is 1. The third-order valence-corrected chi connectivity index (χ3v) is 4.99. The van der Waals surface area contributed by atoms with Gasteiger partial charge in [-0.1, -0.05) is 19.3 Å². The van der Waals surface area contributed by atoms with E-state index in [2.05, 4.69) is 0 Å². The Morgan fingerprint density at radius 2 is 1.85 bits per heavy atom. The largest absolute Gasteiger partial charge is 0.424 e. The molecule has 6 heteroatoms. The van der Waals surface area contributed by atoms with Crippen LogP contribution in [0.4, 0.5) is 17.6 Å². The van der Waals surface area contributed by atoms with Gasteiger partial charge in [0, 0.05) is 0 Å². The molecule has 5 unspecified atom stereocenters. The fourth-order valence-electron chi connectivity index (χ4n) is 3.92. The molecule has 20 heavy (non-hydrogen) atoms. The summed E-state index contributed by atoms with van der Waals surface area (Å²) in [6, 6.07) is 0. The maximum atomic E-state index is 13.4. The first-order chi connectivity index (χ1) is 9.27. The van der Waals surface area contributed by atoms with Crippen molar-refractivity contribution >= 4 is 6.29 Å². The van der Waals surface area contributed by atoms with Gasteiger partial charge in [0.25, 0.3) is 0 Å². The normalized spacial score (nSPS) is 37.9. The molecule has 0 radical (unpaired) electrons. The van der Waals surface area contributed by atoms with E-state index < -0.39 is 30.7 Å². The standard InChI is InChI=1S/C14H20F4O2/c15-11-4-5-12-9(6-11)2-1-3-10(12)7-13(20,8-19)14(16,17)18/h8-12,20H,1-7H2. The van der Waals surface area contributed by atoms with Gasteiger partial charge < -0.3 is 5.11 Å². The van der Waals surface area contributed by atoms with E-state index in [1.807, 2.05) is 0 Å². The molecule has 0 aromatic rings. The molecule has 2 rings (SSSR count). The van der Waals surface area contributed by atoms with Crippen LogP contribution in [-0.2, 0) is 4.79 Å². The number of alkyl halides is 4. The third-order valence-electron chi connectivity index (χ3n) is 4.99. The van der Waals surface area contributed by atoms with Crippen LogP contribution < -0.4 is 0 Å². The highest BCUT2D eigenvalue weighted by molar-refractivity contribution is 5.63. The van der Waals surface area contributed by atoms with E-state index in [1.165, 1.54) is 0 Å². The maximum absolute atomic E-state index is 13.4. The molecule has 2 nitrogen and oxygen atoms in total. The van der Waals surface area contributed by atoms with Crippen LogP contribution in [-0.4, -0.2) is 29.3 Å². The highest BCUT2D eigenvalue weighted by Gasteiger charge is 2.56. The molecule has 2 aliphatic carbocycles. The molecule has 0 heterocycles. The SMILES string of the molecule is O=CC(O)(CC1CCCC2CC(F)CCC21)C(F)(F)F. The van der Waals surface area contributed by atoms with Crippen LogP contribution in [0, 0.1) is 17.8 Å². The lowest BCUT2D eigenvalue weighted by Crippen LogP contribution is -2.50. The first kappa shape index (κ1) is 15.7. The van der Waals surface area contributed by atoms with E-state index >= 15 is 0 Å². The van der Waals surface area contributed by atoms with Crippen molar-refractivity contribution in [3.8, 4) is 0 Å². The molecule has 2 saturated carbocycles. The summed E-state index contributed by atoms with van der Waals surface area (Å²) >= 11 is 0. The summed E-state index contributed by atoms with van der Waals surface area (Å²) in [6.45, 7) is 0. The van der Waals surface area contributed by atoms with Gasteiger partial charge in [-0.15, -0.1) is 0 Å². The van der Waals surface area contributed by atoms with E-state index in [1.54, 1.807) is 0 Å². The van der Waals surface area contributed by atoms with E-state index in [4.69, 9.17) is 0 Å². The Morgan fingerprint density at radius 3 is 2.45 bits per heavy atom. The van der Waals surface area contributed by atoms with Gasteiger partial charge >= 0.3 is 6.18 Å². The number of carbonyl (C=O) groups is 1. The zero-order valence-corrected chi connectivity index (χ0v) is 11.2. The number of hydrogen-bond donors (Lipinski definition) is 1. The summed E-state index contributed by atoms with van der Waals surface area (Å²) in [5.41, 5.74) is -3.26. The molecular formula is C14H20F4O2. The molecule has 2 aliphatic rings. The fraction of sp³-hybridized carbons (Fsp3) is 0.929. The van der Waals surface area contributed by atoms with Crippen molar-refractivity contribution in [2.24, 2.45) is 17.8 Å². The van der Waals surface area contributed by atoms with Gasteiger partial charge in [0.05, 0.1) is 0 Å². The number of hydrogen-bond acceptors (Lipinski definition) is 2. The van der Waals surface area contributed by atoms with Crippen LogP contribution in [0.25, 0.3) is 0 Å². The number of carbonyl (C=O) groups excluding carboxylic acids is 1. The fourth-order valence-corrected chi connectivity index (χ4v) is 3.92. The third kappa shape index (κ3) is 3.00. The molecular weight excluding hydrogens is 276 g/mol. The Labute approximate surface area is 115 Å². The molecule has 1 N–H and O–H groups in total. The van der Waals surface area contributed by atoms with E-state index in [-0.39, 0.29) is 17.8 Å². The van der Waals surface area contributed by atoms with Crippen LogP contribution in [0.2, 0.25) is 0 Å². The second kappa shape index (κ2) is 5.62. The lowest BCUT2D eigenvalue weighted by atomic mass is 9.63. The number of halogens is 4. The quantitative estimate of drug-likeness (QED) is 0.640. The summed E-state index contributed by atoms with van der Waals surface area (Å²) in [5.74, 6) is -0.246. The van der Waals surface area contributed by atoms with Crippen LogP contribution in [0.3, 0.4) is 0 Å². The van der Waals surface area contributed by atoms with Crippen molar-refractivity contribution in [2.45, 2.75) is 62.9 Å². The smallest absolute Gasteiger partial charge is 0.374 e. The number of aliphatic hydroxyl groups is 1. The Kier molecular flexibility index (Phi) is 4.42. The highest BCUT2D eigenvalue weighted by Crippen LogP contribution is 2.48. The minimum absolute atomic E-state index is 0.00424. The van der Waals surface area contributed by atoms with E-state index in [9.17, 15) is 27.5 Å². The van der Waals surface area contributed by atoms with Gasteiger partial charge in [0.2, 0.25) is 5.60 Å². The number of aldehydes is 1. The molecule has 5 atom stereocenters. The second-order valence-corrected chi connectivity index (χ2v) is 6.27. The average molecular weight is 296 g/mol. The lowest BCUT2D eigenvalue weighted by molar-refractivity contribution is -0.252. The van der Waals surface area contributed by atoms with Crippen LogP contribution in [0.1, 0.15) is 44.9 Å². The molecule has 0 aliphatic heterocycles. The predicted molar refractivity (Wildman–Crippen MR) is 64.8 cm³/mol. The zero-order valence-electron chi connectivity index (χ0n) is 11.2. The topological polar surface area (TPSA) is 37.3 Å². The van der Waals surface area contributed by atoms with E-state index in [0.717, 1.165) is 12.8 Å². The van der Waals surface area contributed by atoms with Crippen molar-refractivity contribution in [3.05, 3.63) is 0 Å². The Morgan fingerprint density at radius 1 is 1.15 bits per heavy atom. The van der Waals surface area contributed by atoms with Gasteiger partial charge in [0.15, 0.2) is 6.29 Å². The first-order valence-electron chi connectivity index (χ1n) is 7.16. The minimum atomic E-state index is -4.95. The number of rotatable bonds is 3. The van der Waals surface area contributed by atoms with E-state index in [0.29, 0.717) is 25.7 Å². The molecule has 0 aromatic carbocycles. The zero-order chi connectivity index (χ0) is 15.0. The van der Waals surface area contributed by atoms with Crippen LogP contribution >= 0.6 is 0 Å². The van der Waals surface area contributed by atoms with Gasteiger partial charge in [-0.3, -0.25) is 4.79 Å². The first-order valence-corrected chi connectivity index (χ1v) is 7.16. The van der Waals surface area contributed by atoms with Gasteiger partial charge in [-0.2, -0.15) is 13.2 Å². The van der Waals surface area contributed by atoms with Crippen molar-refractivity contribution in [2.75, 3.05) is 0 Å². The summed E-state index contributed by atoms with van der Waals surface area (Å²) in [4.78, 5) is 10.7. The van der Waals surface area contributed by atoms with Crippen molar-refractivity contribution in [1.29, 1.82) is 0 Å². The molecule has 0 saturated heterocycles. The molecule has 0 bridgehead atoms. The van der Waals surface area contributed by atoms with Crippen molar-refractivity contribution in [1.82, 2.24) is 0 Å². The maximum Gasteiger partial charge on any atom is 0.424 e. The van der Waals surface area contributed by atoms with Gasteiger partial charge in [-0.05, 0) is 43.4 Å². The van der Waals surface area contributed by atoms with Gasteiger partial charge in [-0.25, -0.2) is 4.39 Å². The van der Waals surface area contributed by atoms with Gasteiger partial charge in [0.1, 0.15) is 6.17 Å². The molecule has 0 amide bonds. The lowest BCUT2D eigenvalue weighted by Gasteiger charge is -2.44. The summed E-state index contributed by atoms with van der Waals surface area (Å²) in [6.07, 6.45) is -3.28. The predicted octanol–water partition coefficient (Wildman–Crippen LogP) is 3.42. The monoisotopic (exact) mass is 296 g/mol. The summed E-state index contributed by atoms with van der Waals surface area (Å²) < 4.78 is 51.8. The van der Waals surface area contributed by atoms with Crippen LogP contribution in [0.15, 0.2) is 0 Å². The Bertz CT molecular complexity index is 358. The Balaban J connectivity index is 2.10. The van der Waals surface area contributed by atoms with Crippen molar-refractivity contribution < 1.29 is 27.5 Å². The Hall–Kier alpha value is -0.650. The average Bonchev–Trinajstić information content (AvgIpc) is 2.37. The highest BCUT2D eigenvalue weighted by atomic mass is 19.4. The summed E-state index contributed by atoms with van der Waals surface area (Å²) in [7, 11) is 0. The molecule has 116 valence electrons. The minimum Gasteiger partial charge on any atom is -0.374 e. The molecule has 0 spiro atoms. The molecule has 0 aromatic heterocycles. The van der Waals surface area contributed by atoms with Crippen LogP contribution in [0.5, 0.6) is 0 Å².